The van der Waals surface area contributed by atoms with E-state index in [0.29, 0.717) is 13.1 Å². The Morgan fingerprint density at radius 3 is 2.17 bits per heavy atom. The summed E-state index contributed by atoms with van der Waals surface area (Å²) >= 11 is 0. The number of likely N-dealkylation sites (N-methyl/N-ethyl adjacent to an activating group) is 1. The van der Waals surface area contributed by atoms with Crippen molar-refractivity contribution in [2.45, 2.75) is 92.3 Å². The minimum Gasteiger partial charge on any atom is -0.344 e. The van der Waals surface area contributed by atoms with Gasteiger partial charge in [-0.15, -0.1) is 0 Å². The van der Waals surface area contributed by atoms with Crippen molar-refractivity contribution in [3.8, 4) is 0 Å². The second-order valence-electron chi connectivity index (χ2n) is 9.37. The first kappa shape index (κ1) is 23.3. The number of carbonyl (C=O) groups excluding carboxylic acids is 2. The van der Waals surface area contributed by atoms with E-state index in [1.165, 1.54) is 17.8 Å². The lowest BCUT2D eigenvalue weighted by molar-refractivity contribution is -0.135. The van der Waals surface area contributed by atoms with E-state index >= 15 is 0 Å². The Kier molecular flexibility index (Phi) is 7.78. The van der Waals surface area contributed by atoms with Crippen LogP contribution < -0.4 is 10.6 Å². The molecule has 0 bridgehead atoms. The maximum Gasteiger partial charge on any atom is 0.315 e. The average molecular weight is 405 g/mol. The van der Waals surface area contributed by atoms with Gasteiger partial charge >= 0.3 is 6.03 Å². The zero-order valence-corrected chi connectivity index (χ0v) is 19.3. The lowest BCUT2D eigenvalue weighted by atomic mass is 9.85. The van der Waals surface area contributed by atoms with Gasteiger partial charge in [0.25, 0.3) is 0 Å². The molecule has 1 aliphatic rings. The summed E-state index contributed by atoms with van der Waals surface area (Å²) in [5, 5.41) is 6.20. The van der Waals surface area contributed by atoms with Crippen molar-refractivity contribution in [1.82, 2.24) is 20.1 Å². The average Bonchev–Trinajstić information content (AvgIpc) is 2.98. The van der Waals surface area contributed by atoms with Gasteiger partial charge in [-0.3, -0.25) is 4.79 Å². The van der Waals surface area contributed by atoms with Crippen LogP contribution in [0.4, 0.5) is 4.79 Å². The van der Waals surface area contributed by atoms with Gasteiger partial charge in [0.15, 0.2) is 0 Å². The molecule has 0 aromatic carbocycles. The van der Waals surface area contributed by atoms with Crippen LogP contribution in [0.5, 0.6) is 0 Å². The third-order valence-corrected chi connectivity index (χ3v) is 6.17. The molecule has 1 saturated carbocycles. The first-order valence-electron chi connectivity index (χ1n) is 11.1. The number of aromatic nitrogens is 1. The van der Waals surface area contributed by atoms with E-state index < -0.39 is 6.04 Å². The molecule has 1 fully saturated rings. The van der Waals surface area contributed by atoms with Gasteiger partial charge in [0, 0.05) is 24.5 Å². The Morgan fingerprint density at radius 1 is 1.10 bits per heavy atom. The highest BCUT2D eigenvalue weighted by molar-refractivity contribution is 5.87. The quantitative estimate of drug-likeness (QED) is 0.747. The molecule has 0 saturated heterocycles. The van der Waals surface area contributed by atoms with E-state index in [9.17, 15) is 9.59 Å². The van der Waals surface area contributed by atoms with Crippen molar-refractivity contribution in [3.05, 3.63) is 23.5 Å². The summed E-state index contributed by atoms with van der Waals surface area (Å²) in [6, 6.07) is 3.80. The minimum absolute atomic E-state index is 0.0186. The standard InChI is InChI=1S/C23H40N4O2/c1-8-26(9-2)21(28)20(23(5,6)7)25-22(29)24-18-12-10-11-13-19(18)27-16(3)14-15-17(27)4/h14-15,18-20H,8-13H2,1-7H3,(H2,24,25,29)/t18-,19-,20+/m0/s1. The van der Waals surface area contributed by atoms with Crippen LogP contribution in [-0.4, -0.2) is 46.6 Å². The van der Waals surface area contributed by atoms with Gasteiger partial charge < -0.3 is 20.1 Å². The molecular formula is C23H40N4O2. The lowest BCUT2D eigenvalue weighted by Crippen LogP contribution is -2.58. The van der Waals surface area contributed by atoms with Gasteiger partial charge in [-0.2, -0.15) is 0 Å². The van der Waals surface area contributed by atoms with Crippen LogP contribution in [0.1, 0.15) is 77.7 Å². The molecule has 1 aromatic rings. The Bertz CT molecular complexity index is 681. The molecule has 1 aromatic heterocycles. The van der Waals surface area contributed by atoms with Crippen molar-refractivity contribution >= 4 is 11.9 Å². The van der Waals surface area contributed by atoms with Gasteiger partial charge in [-0.1, -0.05) is 33.6 Å². The molecule has 0 radical (unpaired) electrons. The molecule has 1 aliphatic carbocycles. The molecule has 6 nitrogen and oxygen atoms in total. The van der Waals surface area contributed by atoms with Gasteiger partial charge in [0.05, 0.1) is 12.1 Å². The maximum atomic E-state index is 13.0. The van der Waals surface area contributed by atoms with E-state index in [0.717, 1.165) is 19.3 Å². The van der Waals surface area contributed by atoms with Gasteiger partial charge in [-0.25, -0.2) is 4.79 Å². The molecule has 2 rings (SSSR count). The number of urea groups is 1. The third kappa shape index (κ3) is 5.55. The number of amides is 3. The summed E-state index contributed by atoms with van der Waals surface area (Å²) < 4.78 is 2.35. The molecule has 2 N–H and O–H groups in total. The zero-order chi connectivity index (χ0) is 21.8. The molecule has 0 unspecified atom stereocenters. The summed E-state index contributed by atoms with van der Waals surface area (Å²) in [7, 11) is 0. The lowest BCUT2D eigenvalue weighted by Gasteiger charge is -2.37. The zero-order valence-electron chi connectivity index (χ0n) is 19.3. The monoisotopic (exact) mass is 404 g/mol. The predicted molar refractivity (Wildman–Crippen MR) is 118 cm³/mol. The second kappa shape index (κ2) is 9.68. The topological polar surface area (TPSA) is 66.4 Å². The molecule has 164 valence electrons. The summed E-state index contributed by atoms with van der Waals surface area (Å²) in [6.07, 6.45) is 4.30. The Balaban J connectivity index is 2.14. The molecule has 1 heterocycles. The van der Waals surface area contributed by atoms with Crippen LogP contribution in [0.25, 0.3) is 0 Å². The molecule has 6 heteroatoms. The third-order valence-electron chi connectivity index (χ3n) is 6.17. The highest BCUT2D eigenvalue weighted by Gasteiger charge is 2.36. The normalized spacial score (nSPS) is 20.8. The van der Waals surface area contributed by atoms with E-state index in [1.807, 2.05) is 34.6 Å². The SMILES string of the molecule is CCN(CC)C(=O)[C@@H](NC(=O)N[C@H]1CCCC[C@@H]1n1c(C)ccc1C)C(C)(C)C. The summed E-state index contributed by atoms with van der Waals surface area (Å²) in [4.78, 5) is 27.7. The van der Waals surface area contributed by atoms with E-state index in [4.69, 9.17) is 0 Å². The van der Waals surface area contributed by atoms with Crippen LogP contribution in [0.2, 0.25) is 0 Å². The van der Waals surface area contributed by atoms with Crippen molar-refractivity contribution in [2.75, 3.05) is 13.1 Å². The first-order chi connectivity index (χ1) is 13.6. The van der Waals surface area contributed by atoms with Crippen LogP contribution in [0.15, 0.2) is 12.1 Å². The Labute approximate surface area is 176 Å². The number of carbonyl (C=O) groups is 2. The predicted octanol–water partition coefficient (Wildman–Crippen LogP) is 4.17. The van der Waals surface area contributed by atoms with Crippen LogP contribution in [0.3, 0.4) is 0 Å². The summed E-state index contributed by atoms with van der Waals surface area (Å²) in [5.74, 6) is -0.0186. The van der Waals surface area contributed by atoms with Crippen LogP contribution >= 0.6 is 0 Å². The van der Waals surface area contributed by atoms with Crippen LogP contribution in [0, 0.1) is 19.3 Å². The van der Waals surface area contributed by atoms with Crippen molar-refractivity contribution < 1.29 is 9.59 Å². The number of rotatable bonds is 6. The van der Waals surface area contributed by atoms with E-state index in [1.54, 1.807) is 4.90 Å². The molecule has 0 aliphatic heterocycles. The fraction of sp³-hybridized carbons (Fsp3) is 0.739. The maximum absolute atomic E-state index is 13.0. The number of hydrogen-bond donors (Lipinski definition) is 2. The highest BCUT2D eigenvalue weighted by Crippen LogP contribution is 2.31. The van der Waals surface area contributed by atoms with E-state index in [-0.39, 0.29) is 29.4 Å². The Morgan fingerprint density at radius 2 is 1.66 bits per heavy atom. The number of hydrogen-bond acceptors (Lipinski definition) is 2. The molecule has 3 amide bonds. The second-order valence-corrected chi connectivity index (χ2v) is 9.37. The largest absolute Gasteiger partial charge is 0.344 e. The number of nitrogens with one attached hydrogen (secondary N) is 2. The highest BCUT2D eigenvalue weighted by atomic mass is 16.2. The molecule has 29 heavy (non-hydrogen) atoms. The smallest absolute Gasteiger partial charge is 0.315 e. The van der Waals surface area contributed by atoms with Gasteiger partial charge in [-0.05, 0) is 58.1 Å². The number of aryl methyl sites for hydroxylation is 2. The minimum atomic E-state index is -0.556. The molecule has 3 atom stereocenters. The fourth-order valence-electron chi connectivity index (χ4n) is 4.50. The van der Waals surface area contributed by atoms with Crippen LogP contribution in [-0.2, 0) is 4.79 Å². The fourth-order valence-corrected chi connectivity index (χ4v) is 4.50. The number of nitrogens with zero attached hydrogens (tertiary/aromatic N) is 2. The van der Waals surface area contributed by atoms with Gasteiger partial charge in [0.2, 0.25) is 5.91 Å². The molecular weight excluding hydrogens is 364 g/mol. The van der Waals surface area contributed by atoms with Crippen molar-refractivity contribution in [1.29, 1.82) is 0 Å². The first-order valence-corrected chi connectivity index (χ1v) is 11.1. The molecule has 0 spiro atoms. The van der Waals surface area contributed by atoms with Crippen molar-refractivity contribution in [2.24, 2.45) is 5.41 Å². The van der Waals surface area contributed by atoms with E-state index in [2.05, 4.69) is 41.2 Å². The van der Waals surface area contributed by atoms with Gasteiger partial charge in [0.1, 0.15) is 6.04 Å². The van der Waals surface area contributed by atoms with Crippen molar-refractivity contribution in [3.63, 3.8) is 0 Å². The summed E-state index contributed by atoms with van der Waals surface area (Å²) in [6.45, 7) is 15.4. The Hall–Kier alpha value is -1.98. The summed E-state index contributed by atoms with van der Waals surface area (Å²) in [5.41, 5.74) is 2.09.